The molecule has 5 rings (SSSR count). The van der Waals surface area contributed by atoms with Crippen LogP contribution >= 0.6 is 11.8 Å². The topological polar surface area (TPSA) is 95.9 Å². The lowest BCUT2D eigenvalue weighted by Gasteiger charge is -2.29. The normalized spacial score (nSPS) is 24.8. The Morgan fingerprint density at radius 2 is 1.71 bits per heavy atom. The Morgan fingerprint density at radius 3 is 2.34 bits per heavy atom. The number of carbonyl (C=O) groups is 3. The van der Waals surface area contributed by atoms with E-state index in [1.807, 2.05) is 31.2 Å². The van der Waals surface area contributed by atoms with Gasteiger partial charge >= 0.3 is 12.1 Å². The Balaban J connectivity index is 1.18. The molecule has 3 aliphatic rings. The van der Waals surface area contributed by atoms with Gasteiger partial charge in [0.2, 0.25) is 5.91 Å². The second kappa shape index (κ2) is 9.77. The van der Waals surface area contributed by atoms with Crippen molar-refractivity contribution in [3.05, 3.63) is 71.8 Å². The van der Waals surface area contributed by atoms with Crippen molar-refractivity contribution in [2.75, 3.05) is 12.4 Å². The Kier molecular flexibility index (Phi) is 6.56. The van der Waals surface area contributed by atoms with E-state index < -0.39 is 24.0 Å². The van der Waals surface area contributed by atoms with Crippen molar-refractivity contribution >= 4 is 29.7 Å². The molecule has 0 spiro atoms. The van der Waals surface area contributed by atoms with Gasteiger partial charge in [0.25, 0.3) is 0 Å². The summed E-state index contributed by atoms with van der Waals surface area (Å²) in [5.74, 6) is -1.24. The number of nitrogens with zero attached hydrogens (tertiary/aromatic N) is 1. The van der Waals surface area contributed by atoms with Crippen LogP contribution in [0.4, 0.5) is 4.79 Å². The molecule has 0 aromatic heterocycles. The molecule has 2 amide bonds. The van der Waals surface area contributed by atoms with Crippen LogP contribution in [0.5, 0.6) is 0 Å². The number of benzene rings is 2. The van der Waals surface area contributed by atoms with Gasteiger partial charge in [-0.25, -0.2) is 9.59 Å². The SMILES string of the molecule is CCC1SCC(C(=O)O)N1C(=O)C1C=CC(NC(=O)OCC2c3ccccc3-c3ccccc32)C1. The first-order valence-electron chi connectivity index (χ1n) is 11.9. The summed E-state index contributed by atoms with van der Waals surface area (Å²) in [6, 6.07) is 15.2. The van der Waals surface area contributed by atoms with Gasteiger partial charge in [0.15, 0.2) is 0 Å². The summed E-state index contributed by atoms with van der Waals surface area (Å²) >= 11 is 1.50. The van der Waals surface area contributed by atoms with Gasteiger partial charge in [-0.3, -0.25) is 4.79 Å². The number of aliphatic carboxylic acids is 1. The van der Waals surface area contributed by atoms with Gasteiger partial charge < -0.3 is 20.1 Å². The zero-order valence-corrected chi connectivity index (χ0v) is 20.2. The van der Waals surface area contributed by atoms with Gasteiger partial charge in [-0.1, -0.05) is 67.6 Å². The number of hydrogen-bond donors (Lipinski definition) is 2. The summed E-state index contributed by atoms with van der Waals surface area (Å²) in [6.07, 6.45) is 4.13. The van der Waals surface area contributed by atoms with E-state index in [2.05, 4.69) is 29.6 Å². The van der Waals surface area contributed by atoms with Crippen molar-refractivity contribution in [3.63, 3.8) is 0 Å². The highest BCUT2D eigenvalue weighted by atomic mass is 32.2. The predicted molar refractivity (Wildman–Crippen MR) is 134 cm³/mol. The van der Waals surface area contributed by atoms with E-state index >= 15 is 0 Å². The zero-order valence-electron chi connectivity index (χ0n) is 19.4. The maximum atomic E-state index is 13.2. The van der Waals surface area contributed by atoms with Crippen molar-refractivity contribution in [3.8, 4) is 11.1 Å². The molecule has 2 aliphatic carbocycles. The van der Waals surface area contributed by atoms with Crippen LogP contribution in [0.25, 0.3) is 11.1 Å². The first kappa shape index (κ1) is 23.5. The molecule has 1 heterocycles. The molecule has 4 atom stereocenters. The van der Waals surface area contributed by atoms with Crippen LogP contribution in [0.1, 0.15) is 36.8 Å². The second-order valence-corrected chi connectivity index (χ2v) is 10.3. The highest BCUT2D eigenvalue weighted by Gasteiger charge is 2.43. The van der Waals surface area contributed by atoms with Crippen molar-refractivity contribution in [1.29, 1.82) is 0 Å². The van der Waals surface area contributed by atoms with Gasteiger partial charge in [-0.15, -0.1) is 11.8 Å². The number of ether oxygens (including phenoxy) is 1. The van der Waals surface area contributed by atoms with Crippen molar-refractivity contribution in [2.45, 2.75) is 43.1 Å². The van der Waals surface area contributed by atoms with E-state index in [9.17, 15) is 19.5 Å². The van der Waals surface area contributed by atoms with Gasteiger partial charge in [0, 0.05) is 11.7 Å². The van der Waals surface area contributed by atoms with Crippen LogP contribution in [0, 0.1) is 5.92 Å². The average Bonchev–Trinajstić information content (AvgIpc) is 3.58. The number of alkyl carbamates (subject to hydrolysis) is 1. The van der Waals surface area contributed by atoms with Crippen LogP contribution in [-0.2, 0) is 14.3 Å². The maximum Gasteiger partial charge on any atom is 0.407 e. The van der Waals surface area contributed by atoms with Gasteiger partial charge in [-0.2, -0.15) is 0 Å². The largest absolute Gasteiger partial charge is 0.480 e. The third-order valence-corrected chi connectivity index (χ3v) is 8.48. The lowest BCUT2D eigenvalue weighted by atomic mass is 9.98. The lowest BCUT2D eigenvalue weighted by Crippen LogP contribution is -2.48. The molecule has 1 saturated heterocycles. The molecule has 8 heteroatoms. The van der Waals surface area contributed by atoms with Crippen LogP contribution < -0.4 is 5.32 Å². The van der Waals surface area contributed by atoms with Crippen LogP contribution in [0.15, 0.2) is 60.7 Å². The molecule has 0 bridgehead atoms. The smallest absolute Gasteiger partial charge is 0.407 e. The van der Waals surface area contributed by atoms with E-state index in [-0.39, 0.29) is 29.8 Å². The monoisotopic (exact) mass is 492 g/mol. The Labute approximate surface area is 208 Å². The van der Waals surface area contributed by atoms with Crippen LogP contribution in [0.2, 0.25) is 0 Å². The molecule has 2 N–H and O–H groups in total. The first-order valence-corrected chi connectivity index (χ1v) is 13.0. The molecule has 1 fully saturated rings. The first-order chi connectivity index (χ1) is 17.0. The van der Waals surface area contributed by atoms with E-state index in [1.165, 1.54) is 27.8 Å². The lowest BCUT2D eigenvalue weighted by molar-refractivity contribution is -0.150. The van der Waals surface area contributed by atoms with E-state index in [1.54, 1.807) is 12.2 Å². The van der Waals surface area contributed by atoms with Crippen molar-refractivity contribution < 1.29 is 24.2 Å². The van der Waals surface area contributed by atoms with Crippen LogP contribution in [0.3, 0.4) is 0 Å². The fraction of sp³-hybridized carbons (Fsp3) is 0.370. The molecule has 0 radical (unpaired) electrons. The third-order valence-electron chi connectivity index (χ3n) is 7.03. The highest BCUT2D eigenvalue weighted by molar-refractivity contribution is 8.00. The highest BCUT2D eigenvalue weighted by Crippen LogP contribution is 2.44. The molecule has 1 aliphatic heterocycles. The van der Waals surface area contributed by atoms with Gasteiger partial charge in [0.1, 0.15) is 12.6 Å². The summed E-state index contributed by atoms with van der Waals surface area (Å²) < 4.78 is 5.62. The Morgan fingerprint density at radius 1 is 1.06 bits per heavy atom. The Hall–Kier alpha value is -3.26. The fourth-order valence-electron chi connectivity index (χ4n) is 5.34. The number of carbonyl (C=O) groups excluding carboxylic acids is 2. The van der Waals surface area contributed by atoms with E-state index in [0.29, 0.717) is 18.6 Å². The van der Waals surface area contributed by atoms with Crippen LogP contribution in [-0.4, -0.2) is 57.8 Å². The summed E-state index contributed by atoms with van der Waals surface area (Å²) in [5, 5.41) is 12.2. The quantitative estimate of drug-likeness (QED) is 0.586. The van der Waals surface area contributed by atoms with E-state index in [0.717, 1.165) is 11.1 Å². The van der Waals surface area contributed by atoms with Gasteiger partial charge in [-0.05, 0) is 35.1 Å². The maximum absolute atomic E-state index is 13.2. The molecule has 182 valence electrons. The second-order valence-electron chi connectivity index (χ2n) is 9.10. The summed E-state index contributed by atoms with van der Waals surface area (Å²) in [5.41, 5.74) is 4.63. The number of rotatable bonds is 6. The predicted octanol–water partition coefficient (Wildman–Crippen LogP) is 4.23. The fourth-order valence-corrected chi connectivity index (χ4v) is 6.69. The standard InChI is InChI=1S/C27H28N2O5S/c1-2-24-29(23(15-35-24)26(31)32)25(30)16-11-12-17(13-16)28-27(33)34-14-22-20-9-5-3-7-18(20)19-8-4-6-10-21(19)22/h3-12,16-17,22-24H,2,13-15H2,1H3,(H,28,33)(H,31,32). The number of amides is 2. The summed E-state index contributed by atoms with van der Waals surface area (Å²) in [7, 11) is 0. The minimum absolute atomic E-state index is 0.0202. The van der Waals surface area contributed by atoms with Gasteiger partial charge in [0.05, 0.1) is 17.3 Å². The number of carboxylic acids is 1. The minimum atomic E-state index is -0.975. The van der Waals surface area contributed by atoms with Crippen molar-refractivity contribution in [2.24, 2.45) is 5.92 Å². The number of nitrogens with one attached hydrogen (secondary N) is 1. The molecule has 4 unspecified atom stereocenters. The molecule has 2 aromatic rings. The summed E-state index contributed by atoms with van der Waals surface area (Å²) in [6.45, 7) is 2.18. The molecular weight excluding hydrogens is 464 g/mol. The average molecular weight is 493 g/mol. The number of fused-ring (bicyclic) bond motifs is 3. The zero-order chi connectivity index (χ0) is 24.5. The molecule has 35 heavy (non-hydrogen) atoms. The molecular formula is C27H28N2O5S. The van der Waals surface area contributed by atoms with Crippen molar-refractivity contribution in [1.82, 2.24) is 10.2 Å². The molecule has 0 saturated carbocycles. The minimum Gasteiger partial charge on any atom is -0.480 e. The molecule has 7 nitrogen and oxygen atoms in total. The van der Waals surface area contributed by atoms with E-state index in [4.69, 9.17) is 4.74 Å². The summed E-state index contributed by atoms with van der Waals surface area (Å²) in [4.78, 5) is 38.9. The number of thioether (sulfide) groups is 1. The number of hydrogen-bond acceptors (Lipinski definition) is 5. The number of carboxylic acid groups (broad SMARTS) is 1. The molecule has 2 aromatic carbocycles. The Bertz CT molecular complexity index is 1140. The third kappa shape index (κ3) is 4.43.